The van der Waals surface area contributed by atoms with Gasteiger partial charge in [0.15, 0.2) is 5.60 Å². The van der Waals surface area contributed by atoms with Gasteiger partial charge in [0.25, 0.3) is 0 Å². The Hall–Kier alpha value is -2.42. The molecule has 0 spiro atoms. The molecule has 1 fully saturated rings. The topological polar surface area (TPSA) is 143 Å². The van der Waals surface area contributed by atoms with Gasteiger partial charge >= 0.3 is 13.8 Å². The third-order valence-electron chi connectivity index (χ3n) is 5.32. The summed E-state index contributed by atoms with van der Waals surface area (Å²) < 4.78 is 29.9. The molecule has 3 rings (SSSR count). The van der Waals surface area contributed by atoms with Crippen LogP contribution < -0.4 is 9.05 Å². The van der Waals surface area contributed by atoms with Crippen molar-refractivity contribution >= 4 is 13.8 Å². The molecule has 0 aliphatic heterocycles. The first-order valence-electron chi connectivity index (χ1n) is 10.5. The maximum Gasteiger partial charge on any atom is 0.649 e. The molecule has 3 atom stereocenters. The Balaban J connectivity index is 1.94. The average molecular weight is 480 g/mol. The summed E-state index contributed by atoms with van der Waals surface area (Å²) in [7, 11) is -4.72. The highest BCUT2D eigenvalue weighted by Gasteiger charge is 2.52. The fraction of sp³-hybridized carbons (Fsp3) is 0.435. The fourth-order valence-corrected chi connectivity index (χ4v) is 4.84. The summed E-state index contributed by atoms with van der Waals surface area (Å²) in [6, 6.07) is 14.7. The van der Waals surface area contributed by atoms with Crippen LogP contribution in [0.1, 0.15) is 39.2 Å². The monoisotopic (exact) mass is 480 g/mol. The molecule has 0 aromatic heterocycles. The predicted octanol–water partition coefficient (Wildman–Crippen LogP) is 2.70. The number of benzene rings is 2. The van der Waals surface area contributed by atoms with Crippen LogP contribution in [0.2, 0.25) is 0 Å². The van der Waals surface area contributed by atoms with Crippen molar-refractivity contribution in [2.75, 3.05) is 0 Å². The number of phosphoric ester groups is 1. The van der Waals surface area contributed by atoms with Gasteiger partial charge < -0.3 is 34.0 Å². The van der Waals surface area contributed by atoms with E-state index in [-0.39, 0.29) is 11.5 Å². The van der Waals surface area contributed by atoms with Gasteiger partial charge in [-0.1, -0.05) is 57.2 Å². The van der Waals surface area contributed by atoms with Gasteiger partial charge in [0, 0.05) is 18.4 Å². The van der Waals surface area contributed by atoms with Crippen LogP contribution in [0.4, 0.5) is 0 Å². The van der Waals surface area contributed by atoms with Crippen molar-refractivity contribution in [2.24, 2.45) is 0 Å². The lowest BCUT2D eigenvalue weighted by Crippen LogP contribution is -2.56. The van der Waals surface area contributed by atoms with Crippen LogP contribution in [0.3, 0.4) is 0 Å². The van der Waals surface area contributed by atoms with Crippen molar-refractivity contribution in [1.82, 2.24) is 0 Å². The number of aliphatic hydroxyl groups is 4. The number of carbonyl (C=O) groups excluding carboxylic acids is 1. The van der Waals surface area contributed by atoms with Crippen molar-refractivity contribution in [3.8, 4) is 11.5 Å². The van der Waals surface area contributed by atoms with Crippen molar-refractivity contribution in [1.29, 1.82) is 0 Å². The number of para-hydroxylation sites is 2. The molecule has 0 bridgehead atoms. The minimum Gasteiger partial charge on any atom is -0.390 e. The zero-order valence-corrected chi connectivity index (χ0v) is 19.5. The van der Waals surface area contributed by atoms with Gasteiger partial charge in [0.05, 0.1) is 12.2 Å². The summed E-state index contributed by atoms with van der Waals surface area (Å²) >= 11 is 0. The number of rotatable bonds is 6. The van der Waals surface area contributed by atoms with Gasteiger partial charge in [-0.05, 0) is 23.6 Å². The summed E-state index contributed by atoms with van der Waals surface area (Å²) in [5.74, 6) is -1.17. The number of hydrogen-bond donors (Lipinski definition) is 4. The van der Waals surface area contributed by atoms with E-state index in [9.17, 15) is 29.8 Å². The van der Waals surface area contributed by atoms with E-state index in [0.29, 0.717) is 5.56 Å². The highest BCUT2D eigenvalue weighted by Crippen LogP contribution is 2.52. The van der Waals surface area contributed by atoms with Crippen LogP contribution in [0, 0.1) is 0 Å². The molecule has 2 aromatic carbocycles. The van der Waals surface area contributed by atoms with Crippen LogP contribution in [-0.2, 0) is 19.3 Å². The van der Waals surface area contributed by atoms with Crippen molar-refractivity contribution < 1.29 is 43.4 Å². The molecule has 0 saturated heterocycles. The number of hydrogen-bond acceptors (Lipinski definition) is 9. The fourth-order valence-electron chi connectivity index (χ4n) is 3.58. The van der Waals surface area contributed by atoms with Crippen molar-refractivity contribution in [3.63, 3.8) is 0 Å². The van der Waals surface area contributed by atoms with Gasteiger partial charge in [0.1, 0.15) is 17.6 Å². The first-order valence-corrected chi connectivity index (χ1v) is 11.9. The number of phosphoric acid groups is 1. The summed E-state index contributed by atoms with van der Waals surface area (Å²) in [4.78, 5) is 12.9. The molecule has 4 N–H and O–H groups in total. The molecule has 33 heavy (non-hydrogen) atoms. The highest BCUT2D eigenvalue weighted by atomic mass is 31.2. The zero-order chi connectivity index (χ0) is 24.4. The molecule has 1 saturated carbocycles. The molecule has 1 aliphatic rings. The van der Waals surface area contributed by atoms with E-state index < -0.39 is 56.0 Å². The Kier molecular flexibility index (Phi) is 7.21. The lowest BCUT2D eigenvalue weighted by Gasteiger charge is -2.38. The molecule has 1 aliphatic carbocycles. The second-order valence-electron chi connectivity index (χ2n) is 9.13. The van der Waals surface area contributed by atoms with Crippen molar-refractivity contribution in [2.45, 2.75) is 62.9 Å². The SMILES string of the molecule is CC(C)(C)c1ccccc1OP(=O)(OC(=O)C1(O)C[C@@H](O)C(O)[C@H](O)C1)Oc1ccccc1. The molecule has 9 nitrogen and oxygen atoms in total. The highest BCUT2D eigenvalue weighted by molar-refractivity contribution is 7.50. The molecular weight excluding hydrogens is 451 g/mol. The Morgan fingerprint density at radius 3 is 2.06 bits per heavy atom. The molecule has 0 radical (unpaired) electrons. The maximum atomic E-state index is 13.7. The molecule has 2 aromatic rings. The quantitative estimate of drug-likeness (QED) is 0.459. The van der Waals surface area contributed by atoms with E-state index in [4.69, 9.17) is 13.6 Å². The summed E-state index contributed by atoms with van der Waals surface area (Å²) in [6.45, 7) is 5.76. The normalized spacial score (nSPS) is 27.3. The second kappa shape index (κ2) is 9.44. The predicted molar refractivity (Wildman–Crippen MR) is 119 cm³/mol. The zero-order valence-electron chi connectivity index (χ0n) is 18.6. The van der Waals surface area contributed by atoms with E-state index in [1.165, 1.54) is 12.1 Å². The van der Waals surface area contributed by atoms with E-state index in [1.54, 1.807) is 42.5 Å². The van der Waals surface area contributed by atoms with E-state index in [1.807, 2.05) is 20.8 Å². The van der Waals surface area contributed by atoms with E-state index in [0.717, 1.165) is 0 Å². The van der Waals surface area contributed by atoms with Crippen LogP contribution >= 0.6 is 7.82 Å². The Morgan fingerprint density at radius 2 is 1.48 bits per heavy atom. The first-order chi connectivity index (χ1) is 15.3. The molecule has 0 amide bonds. The first kappa shape index (κ1) is 25.2. The third-order valence-corrected chi connectivity index (χ3v) is 6.57. The number of aliphatic hydroxyl groups excluding tert-OH is 3. The average Bonchev–Trinajstić information content (AvgIpc) is 2.72. The van der Waals surface area contributed by atoms with Gasteiger partial charge in [-0.15, -0.1) is 0 Å². The van der Waals surface area contributed by atoms with Gasteiger partial charge in [-0.3, -0.25) is 0 Å². The minimum absolute atomic E-state index is 0.0907. The van der Waals surface area contributed by atoms with Gasteiger partial charge in [-0.25, -0.2) is 4.79 Å². The summed E-state index contributed by atoms with van der Waals surface area (Å²) in [6.07, 6.45) is -5.99. The van der Waals surface area contributed by atoms with E-state index >= 15 is 0 Å². The lowest BCUT2D eigenvalue weighted by atomic mass is 9.80. The van der Waals surface area contributed by atoms with Gasteiger partial charge in [-0.2, -0.15) is 4.57 Å². The largest absolute Gasteiger partial charge is 0.649 e. The Labute approximate surface area is 192 Å². The third kappa shape index (κ3) is 5.93. The lowest BCUT2D eigenvalue weighted by molar-refractivity contribution is -0.185. The van der Waals surface area contributed by atoms with Gasteiger partial charge in [0.2, 0.25) is 0 Å². The van der Waals surface area contributed by atoms with Crippen LogP contribution in [0.25, 0.3) is 0 Å². The van der Waals surface area contributed by atoms with E-state index in [2.05, 4.69) is 0 Å². The minimum atomic E-state index is -4.72. The second-order valence-corrected chi connectivity index (χ2v) is 10.6. The van der Waals surface area contributed by atoms with Crippen LogP contribution in [-0.4, -0.2) is 50.3 Å². The van der Waals surface area contributed by atoms with Crippen LogP contribution in [0.15, 0.2) is 54.6 Å². The molecule has 180 valence electrons. The molecule has 10 heteroatoms. The smallest absolute Gasteiger partial charge is 0.390 e. The Bertz CT molecular complexity index is 1010. The maximum absolute atomic E-state index is 13.7. The van der Waals surface area contributed by atoms with Crippen LogP contribution in [0.5, 0.6) is 11.5 Å². The Morgan fingerprint density at radius 1 is 0.939 bits per heavy atom. The molecule has 1 unspecified atom stereocenters. The standard InChI is InChI=1S/C23H29O9P/c1-22(2,3)16-11-7-8-12-19(16)31-33(29,30-15-9-5-4-6-10-15)32-21(27)23(28)13-17(24)20(26)18(25)14-23/h4-12,17-18,20,24-26,28H,13-14H2,1-3H3/t17-,18-,20?,23?,33?/m1/s1. The molecular formula is C23H29O9P. The summed E-state index contributed by atoms with van der Waals surface area (Å²) in [5, 5.41) is 40.3. The van der Waals surface area contributed by atoms with Crippen molar-refractivity contribution in [3.05, 3.63) is 60.2 Å². The number of carbonyl (C=O) groups is 1. The molecule has 0 heterocycles. The summed E-state index contributed by atoms with van der Waals surface area (Å²) in [5.41, 5.74) is -2.16.